The molecule has 0 saturated heterocycles. The van der Waals surface area contributed by atoms with Crippen LogP contribution in [0.2, 0.25) is 0 Å². The summed E-state index contributed by atoms with van der Waals surface area (Å²) in [6.07, 6.45) is 6.30. The molecule has 1 aliphatic carbocycles. The van der Waals surface area contributed by atoms with Gasteiger partial charge >= 0.3 is 0 Å². The van der Waals surface area contributed by atoms with Gasteiger partial charge in [0.15, 0.2) is 0 Å². The Balaban J connectivity index is 1.80. The normalized spacial score (nSPS) is 23.0. The molecule has 126 valence electrons. The lowest BCUT2D eigenvalue weighted by atomic mass is 10.1. The number of carbonyl (C=O) groups is 1. The zero-order chi connectivity index (χ0) is 16.4. The van der Waals surface area contributed by atoms with Crippen LogP contribution in [0, 0.1) is 0 Å². The van der Waals surface area contributed by atoms with Crippen molar-refractivity contribution < 1.29 is 13.2 Å². The molecule has 7 heteroatoms. The van der Waals surface area contributed by atoms with E-state index < -0.39 is 10.0 Å². The Bertz CT molecular complexity index is 695. The molecule has 2 aliphatic rings. The van der Waals surface area contributed by atoms with Crippen LogP contribution in [0.3, 0.4) is 0 Å². The largest absolute Gasteiger partial charge is 0.324 e. The minimum absolute atomic E-state index is 0.0162. The molecule has 3 rings (SSSR count). The van der Waals surface area contributed by atoms with E-state index in [4.69, 9.17) is 0 Å². The number of fused-ring (bicyclic) bond motifs is 1. The first kappa shape index (κ1) is 16.8. The maximum Gasteiger partial charge on any atom is 0.240 e. The number of benzene rings is 1. The summed E-state index contributed by atoms with van der Waals surface area (Å²) in [7, 11) is -3.55. The molecule has 1 unspecified atom stereocenters. The Morgan fingerprint density at radius 3 is 2.57 bits per heavy atom. The van der Waals surface area contributed by atoms with E-state index in [0.717, 1.165) is 30.6 Å². The Hall–Kier alpha value is -1.05. The number of sulfonamides is 1. The van der Waals surface area contributed by atoms with Crippen molar-refractivity contribution in [1.29, 1.82) is 0 Å². The molecule has 0 radical (unpaired) electrons. The second kappa shape index (κ2) is 6.83. The van der Waals surface area contributed by atoms with Gasteiger partial charge in [-0.15, -0.1) is 11.8 Å². The molecule has 0 bridgehead atoms. The van der Waals surface area contributed by atoms with Crippen molar-refractivity contribution in [3.63, 3.8) is 0 Å². The molecule has 0 spiro atoms. The van der Waals surface area contributed by atoms with Gasteiger partial charge < -0.3 is 5.32 Å². The highest BCUT2D eigenvalue weighted by molar-refractivity contribution is 8.01. The first-order valence-electron chi connectivity index (χ1n) is 8.09. The monoisotopic (exact) mass is 354 g/mol. The molecule has 1 fully saturated rings. The van der Waals surface area contributed by atoms with Gasteiger partial charge in [-0.1, -0.05) is 25.7 Å². The van der Waals surface area contributed by atoms with Crippen LogP contribution in [0.5, 0.6) is 0 Å². The quantitative estimate of drug-likeness (QED) is 0.818. The molecule has 1 saturated carbocycles. The zero-order valence-corrected chi connectivity index (χ0v) is 14.8. The van der Waals surface area contributed by atoms with E-state index in [1.165, 1.54) is 24.6 Å². The van der Waals surface area contributed by atoms with Crippen molar-refractivity contribution >= 4 is 33.4 Å². The molecule has 5 nitrogen and oxygen atoms in total. The van der Waals surface area contributed by atoms with Crippen LogP contribution in [0.4, 0.5) is 5.69 Å². The third-order valence-electron chi connectivity index (χ3n) is 4.37. The Morgan fingerprint density at radius 1 is 1.17 bits per heavy atom. The minimum Gasteiger partial charge on any atom is -0.324 e. The van der Waals surface area contributed by atoms with Crippen molar-refractivity contribution in [3.05, 3.63) is 18.2 Å². The number of rotatable bonds is 3. The van der Waals surface area contributed by atoms with Crippen molar-refractivity contribution in [2.45, 2.75) is 66.5 Å². The van der Waals surface area contributed by atoms with Crippen molar-refractivity contribution in [3.8, 4) is 0 Å². The maximum absolute atomic E-state index is 12.6. The maximum atomic E-state index is 12.6. The van der Waals surface area contributed by atoms with Gasteiger partial charge in [0.05, 0.1) is 15.8 Å². The van der Waals surface area contributed by atoms with E-state index >= 15 is 0 Å². The van der Waals surface area contributed by atoms with Gasteiger partial charge in [-0.25, -0.2) is 13.1 Å². The van der Waals surface area contributed by atoms with Crippen LogP contribution in [0.15, 0.2) is 28.0 Å². The summed E-state index contributed by atoms with van der Waals surface area (Å²) in [5, 5.41) is 2.63. The van der Waals surface area contributed by atoms with Crippen LogP contribution in [-0.2, 0) is 14.8 Å². The van der Waals surface area contributed by atoms with Gasteiger partial charge in [0.1, 0.15) is 0 Å². The number of thioether (sulfide) groups is 1. The minimum atomic E-state index is -3.55. The van der Waals surface area contributed by atoms with Gasteiger partial charge in [-0.05, 0) is 38.0 Å². The number of hydrogen-bond acceptors (Lipinski definition) is 4. The zero-order valence-electron chi connectivity index (χ0n) is 13.2. The average Bonchev–Trinajstić information content (AvgIpc) is 2.76. The highest BCUT2D eigenvalue weighted by atomic mass is 32.2. The fourth-order valence-corrected chi connectivity index (χ4v) is 5.30. The number of carbonyl (C=O) groups excluding carboxylic acids is 1. The highest BCUT2D eigenvalue weighted by Gasteiger charge is 2.26. The van der Waals surface area contributed by atoms with Crippen LogP contribution in [0.25, 0.3) is 0 Å². The third-order valence-corrected chi connectivity index (χ3v) is 7.06. The SMILES string of the molecule is CC1Sc2ccc(S(=O)(=O)NC3CCCCCC3)cc2NC1=O. The van der Waals surface area contributed by atoms with E-state index in [1.807, 2.05) is 6.92 Å². The van der Waals surface area contributed by atoms with E-state index in [9.17, 15) is 13.2 Å². The lowest BCUT2D eigenvalue weighted by molar-refractivity contribution is -0.115. The van der Waals surface area contributed by atoms with Gasteiger partial charge in [-0.3, -0.25) is 4.79 Å². The summed E-state index contributed by atoms with van der Waals surface area (Å²) in [6.45, 7) is 1.83. The Labute approximate surface area is 141 Å². The number of hydrogen-bond donors (Lipinski definition) is 2. The van der Waals surface area contributed by atoms with E-state index in [-0.39, 0.29) is 22.1 Å². The Morgan fingerprint density at radius 2 is 1.87 bits per heavy atom. The predicted molar refractivity (Wildman–Crippen MR) is 92.2 cm³/mol. The van der Waals surface area contributed by atoms with Crippen LogP contribution >= 0.6 is 11.8 Å². The van der Waals surface area contributed by atoms with Crippen molar-refractivity contribution in [2.75, 3.05) is 5.32 Å². The van der Waals surface area contributed by atoms with Gasteiger partial charge in [0, 0.05) is 10.9 Å². The fraction of sp³-hybridized carbons (Fsp3) is 0.562. The first-order valence-corrected chi connectivity index (χ1v) is 10.5. The van der Waals surface area contributed by atoms with Gasteiger partial charge in [-0.2, -0.15) is 0 Å². The number of nitrogens with one attached hydrogen (secondary N) is 2. The molecule has 2 N–H and O–H groups in total. The smallest absolute Gasteiger partial charge is 0.240 e. The summed E-state index contributed by atoms with van der Waals surface area (Å²) < 4.78 is 28.1. The summed E-state index contributed by atoms with van der Waals surface area (Å²) >= 11 is 1.45. The van der Waals surface area contributed by atoms with Crippen molar-refractivity contribution in [2.24, 2.45) is 0 Å². The molecule has 1 aromatic rings. The molecule has 1 aliphatic heterocycles. The lowest BCUT2D eigenvalue weighted by Gasteiger charge is -2.22. The van der Waals surface area contributed by atoms with E-state index in [2.05, 4.69) is 10.0 Å². The summed E-state index contributed by atoms with van der Waals surface area (Å²) in [4.78, 5) is 12.9. The van der Waals surface area contributed by atoms with Crippen LogP contribution < -0.4 is 10.0 Å². The lowest BCUT2D eigenvalue weighted by Crippen LogP contribution is -2.34. The topological polar surface area (TPSA) is 75.3 Å². The molecular formula is C16H22N2O3S2. The van der Waals surface area contributed by atoms with Gasteiger partial charge in [0.25, 0.3) is 0 Å². The summed E-state index contributed by atoms with van der Waals surface area (Å²) in [5.74, 6) is -0.0891. The number of amides is 1. The second-order valence-electron chi connectivity index (χ2n) is 6.22. The van der Waals surface area contributed by atoms with Gasteiger partial charge in [0.2, 0.25) is 15.9 Å². The van der Waals surface area contributed by atoms with E-state index in [1.54, 1.807) is 18.2 Å². The predicted octanol–water partition coefficient (Wildman–Crippen LogP) is 3.12. The molecule has 1 amide bonds. The Kier molecular flexibility index (Phi) is 4.98. The molecule has 0 aromatic heterocycles. The average molecular weight is 354 g/mol. The van der Waals surface area contributed by atoms with Crippen LogP contribution in [-0.4, -0.2) is 25.6 Å². The summed E-state index contributed by atoms with van der Waals surface area (Å²) in [5.41, 5.74) is 0.585. The molecule has 1 heterocycles. The molecule has 1 atom stereocenters. The molecular weight excluding hydrogens is 332 g/mol. The molecule has 1 aromatic carbocycles. The first-order chi connectivity index (χ1) is 11.0. The number of anilines is 1. The van der Waals surface area contributed by atoms with E-state index in [0.29, 0.717) is 5.69 Å². The standard InChI is InChI=1S/C16H22N2O3S2/c1-11-16(19)17-14-10-13(8-9-15(14)22-11)23(20,21)18-12-6-4-2-3-5-7-12/h8-12,18H,2-7H2,1H3,(H,17,19). The summed E-state index contributed by atoms with van der Waals surface area (Å²) in [6, 6.07) is 4.97. The second-order valence-corrected chi connectivity index (χ2v) is 9.31. The molecule has 23 heavy (non-hydrogen) atoms. The highest BCUT2D eigenvalue weighted by Crippen LogP contribution is 2.36. The third kappa shape index (κ3) is 3.89. The van der Waals surface area contributed by atoms with Crippen LogP contribution in [0.1, 0.15) is 45.4 Å². The van der Waals surface area contributed by atoms with Crippen molar-refractivity contribution in [1.82, 2.24) is 4.72 Å². The fourth-order valence-electron chi connectivity index (χ4n) is 3.04.